The molecule has 29 heavy (non-hydrogen) atoms. The van der Waals surface area contributed by atoms with Gasteiger partial charge >= 0.3 is 0 Å². The average molecular weight is 403 g/mol. The molecule has 8 heteroatoms. The van der Waals surface area contributed by atoms with Gasteiger partial charge in [-0.1, -0.05) is 0 Å². The van der Waals surface area contributed by atoms with Gasteiger partial charge in [0.25, 0.3) is 5.91 Å². The Hall–Kier alpha value is -3.00. The number of carbonyl (C=O) groups excluding carboxylic acids is 2. The standard InChI is InChI=1S/C21H23F2N3O3/c1-2-25(21(28)15-11-16(22)13-17(23)12-15)14-20(27)24-18-3-5-19(6-4-18)26-7-9-29-10-8-26/h3-6,11-13H,2,7-10,14H2,1H3,(H,24,27). The van der Waals surface area contributed by atoms with E-state index in [2.05, 4.69) is 10.2 Å². The second-order valence-corrected chi connectivity index (χ2v) is 6.67. The molecule has 2 aromatic rings. The maximum Gasteiger partial charge on any atom is 0.254 e. The molecule has 0 unspecified atom stereocenters. The summed E-state index contributed by atoms with van der Waals surface area (Å²) in [6, 6.07) is 10.0. The maximum atomic E-state index is 13.4. The molecule has 154 valence electrons. The van der Waals surface area contributed by atoms with E-state index in [1.54, 1.807) is 19.1 Å². The highest BCUT2D eigenvalue weighted by Crippen LogP contribution is 2.19. The lowest BCUT2D eigenvalue weighted by Crippen LogP contribution is -2.38. The predicted octanol–water partition coefficient (Wildman–Crippen LogP) is 2.90. The lowest BCUT2D eigenvalue weighted by Gasteiger charge is -2.29. The van der Waals surface area contributed by atoms with Gasteiger partial charge in [-0.15, -0.1) is 0 Å². The van der Waals surface area contributed by atoms with Crippen LogP contribution in [0.2, 0.25) is 0 Å². The highest BCUT2D eigenvalue weighted by molar-refractivity contribution is 5.99. The Morgan fingerprint density at radius 3 is 2.28 bits per heavy atom. The molecule has 0 aromatic heterocycles. The van der Waals surface area contributed by atoms with E-state index in [0.29, 0.717) is 25.0 Å². The molecule has 0 aliphatic carbocycles. The zero-order chi connectivity index (χ0) is 20.8. The molecule has 1 aliphatic heterocycles. The van der Waals surface area contributed by atoms with E-state index in [0.717, 1.165) is 30.9 Å². The summed E-state index contributed by atoms with van der Waals surface area (Å²) in [5.74, 6) is -2.68. The number of rotatable bonds is 6. The van der Waals surface area contributed by atoms with Crippen molar-refractivity contribution in [2.75, 3.05) is 49.6 Å². The van der Waals surface area contributed by atoms with Crippen LogP contribution in [0.4, 0.5) is 20.2 Å². The van der Waals surface area contributed by atoms with Crippen molar-refractivity contribution in [1.29, 1.82) is 0 Å². The monoisotopic (exact) mass is 403 g/mol. The molecular formula is C21H23F2N3O3. The largest absolute Gasteiger partial charge is 0.378 e. The highest BCUT2D eigenvalue weighted by atomic mass is 19.1. The molecule has 1 heterocycles. The first kappa shape index (κ1) is 20.7. The van der Waals surface area contributed by atoms with Crippen molar-refractivity contribution in [1.82, 2.24) is 4.90 Å². The predicted molar refractivity (Wildman–Crippen MR) is 106 cm³/mol. The molecule has 1 saturated heterocycles. The minimum atomic E-state index is -0.839. The molecule has 0 atom stereocenters. The molecule has 0 spiro atoms. The van der Waals surface area contributed by atoms with Crippen molar-refractivity contribution in [3.8, 4) is 0 Å². The summed E-state index contributed by atoms with van der Waals surface area (Å²) in [5.41, 5.74) is 1.52. The molecule has 1 N–H and O–H groups in total. The molecular weight excluding hydrogens is 380 g/mol. The van der Waals surface area contributed by atoms with Crippen molar-refractivity contribution in [2.24, 2.45) is 0 Å². The van der Waals surface area contributed by atoms with Crippen LogP contribution < -0.4 is 10.2 Å². The molecule has 0 radical (unpaired) electrons. The summed E-state index contributed by atoms with van der Waals surface area (Å²) in [5, 5.41) is 2.74. The maximum absolute atomic E-state index is 13.4. The normalized spacial score (nSPS) is 13.8. The van der Waals surface area contributed by atoms with Gasteiger partial charge in [-0.3, -0.25) is 9.59 Å². The first-order valence-electron chi connectivity index (χ1n) is 9.44. The Morgan fingerprint density at radius 2 is 1.69 bits per heavy atom. The lowest BCUT2D eigenvalue weighted by molar-refractivity contribution is -0.116. The molecule has 3 rings (SSSR count). The quantitative estimate of drug-likeness (QED) is 0.806. The van der Waals surface area contributed by atoms with E-state index in [1.165, 1.54) is 4.90 Å². The van der Waals surface area contributed by atoms with Crippen molar-refractivity contribution >= 4 is 23.2 Å². The van der Waals surface area contributed by atoms with Crippen LogP contribution >= 0.6 is 0 Å². The number of anilines is 2. The Labute approximate surface area is 168 Å². The molecule has 2 amide bonds. The number of benzene rings is 2. The Morgan fingerprint density at radius 1 is 1.07 bits per heavy atom. The van der Waals surface area contributed by atoms with Crippen LogP contribution in [0, 0.1) is 11.6 Å². The number of nitrogens with one attached hydrogen (secondary N) is 1. The van der Waals surface area contributed by atoms with Gasteiger partial charge in [0.2, 0.25) is 5.91 Å². The topological polar surface area (TPSA) is 61.9 Å². The smallest absolute Gasteiger partial charge is 0.254 e. The molecule has 0 bridgehead atoms. The van der Waals surface area contributed by atoms with Gasteiger partial charge in [0.1, 0.15) is 18.2 Å². The molecule has 0 saturated carbocycles. The van der Waals surface area contributed by atoms with Crippen LogP contribution in [0.5, 0.6) is 0 Å². The zero-order valence-electron chi connectivity index (χ0n) is 16.2. The van der Waals surface area contributed by atoms with Gasteiger partial charge < -0.3 is 19.9 Å². The van der Waals surface area contributed by atoms with E-state index >= 15 is 0 Å². The Bertz CT molecular complexity index is 848. The average Bonchev–Trinajstić information content (AvgIpc) is 2.72. The first-order valence-corrected chi connectivity index (χ1v) is 9.44. The fourth-order valence-electron chi connectivity index (χ4n) is 3.14. The number of carbonyl (C=O) groups is 2. The van der Waals surface area contributed by atoms with Crippen molar-refractivity contribution < 1.29 is 23.1 Å². The fourth-order valence-corrected chi connectivity index (χ4v) is 3.14. The summed E-state index contributed by atoms with van der Waals surface area (Å²) in [4.78, 5) is 28.3. The lowest BCUT2D eigenvalue weighted by atomic mass is 10.2. The Balaban J connectivity index is 1.60. The second-order valence-electron chi connectivity index (χ2n) is 6.67. The summed E-state index contributed by atoms with van der Waals surface area (Å²) in [6.45, 7) is 4.71. The number of amides is 2. The van der Waals surface area contributed by atoms with Crippen LogP contribution in [0.25, 0.3) is 0 Å². The molecule has 6 nitrogen and oxygen atoms in total. The van der Waals surface area contributed by atoms with Crippen LogP contribution in [-0.4, -0.2) is 56.1 Å². The van der Waals surface area contributed by atoms with Crippen molar-refractivity contribution in [3.63, 3.8) is 0 Å². The van der Waals surface area contributed by atoms with Gasteiger partial charge in [0.15, 0.2) is 0 Å². The molecule has 1 fully saturated rings. The first-order chi connectivity index (χ1) is 14.0. The summed E-state index contributed by atoms with van der Waals surface area (Å²) in [7, 11) is 0. The van der Waals surface area contributed by atoms with Gasteiger partial charge in [-0.05, 0) is 43.3 Å². The minimum Gasteiger partial charge on any atom is -0.378 e. The third-order valence-corrected chi connectivity index (χ3v) is 4.64. The van der Waals surface area contributed by atoms with Gasteiger partial charge in [0, 0.05) is 42.6 Å². The number of halogens is 2. The van der Waals surface area contributed by atoms with Crippen LogP contribution in [0.15, 0.2) is 42.5 Å². The zero-order valence-corrected chi connectivity index (χ0v) is 16.2. The highest BCUT2D eigenvalue weighted by Gasteiger charge is 2.19. The fraction of sp³-hybridized carbons (Fsp3) is 0.333. The van der Waals surface area contributed by atoms with Crippen molar-refractivity contribution in [3.05, 3.63) is 59.7 Å². The number of nitrogens with zero attached hydrogens (tertiary/aromatic N) is 2. The third kappa shape index (κ3) is 5.51. The van der Waals surface area contributed by atoms with Crippen LogP contribution in [0.3, 0.4) is 0 Å². The van der Waals surface area contributed by atoms with E-state index in [-0.39, 0.29) is 18.7 Å². The van der Waals surface area contributed by atoms with E-state index < -0.39 is 23.4 Å². The third-order valence-electron chi connectivity index (χ3n) is 4.64. The van der Waals surface area contributed by atoms with E-state index in [9.17, 15) is 18.4 Å². The number of hydrogen-bond acceptors (Lipinski definition) is 4. The summed E-state index contributed by atoms with van der Waals surface area (Å²) < 4.78 is 32.1. The van der Waals surface area contributed by atoms with Gasteiger partial charge in [0.05, 0.1) is 13.2 Å². The summed E-state index contributed by atoms with van der Waals surface area (Å²) in [6.07, 6.45) is 0. The van der Waals surface area contributed by atoms with E-state index in [1.807, 2.05) is 12.1 Å². The molecule has 1 aliphatic rings. The van der Waals surface area contributed by atoms with Crippen molar-refractivity contribution in [2.45, 2.75) is 6.92 Å². The minimum absolute atomic E-state index is 0.132. The van der Waals surface area contributed by atoms with Gasteiger partial charge in [-0.2, -0.15) is 0 Å². The van der Waals surface area contributed by atoms with Crippen LogP contribution in [-0.2, 0) is 9.53 Å². The summed E-state index contributed by atoms with van der Waals surface area (Å²) >= 11 is 0. The molecule has 2 aromatic carbocycles. The number of ether oxygens (including phenoxy) is 1. The number of morpholine rings is 1. The van der Waals surface area contributed by atoms with E-state index in [4.69, 9.17) is 4.74 Å². The van der Waals surface area contributed by atoms with Gasteiger partial charge in [-0.25, -0.2) is 8.78 Å². The second kappa shape index (κ2) is 9.47. The number of likely N-dealkylation sites (N-methyl/N-ethyl adjacent to an activating group) is 1. The Kier molecular flexibility index (Phi) is 6.77. The number of hydrogen-bond donors (Lipinski definition) is 1. The SMILES string of the molecule is CCN(CC(=O)Nc1ccc(N2CCOCC2)cc1)C(=O)c1cc(F)cc(F)c1. The van der Waals surface area contributed by atoms with Crippen LogP contribution in [0.1, 0.15) is 17.3 Å².